The Balaban J connectivity index is 2.19. The minimum Gasteiger partial charge on any atom is -0.461 e. The second-order valence-corrected chi connectivity index (χ2v) is 7.18. The summed E-state index contributed by atoms with van der Waals surface area (Å²) >= 11 is 7.07. The van der Waals surface area contributed by atoms with Gasteiger partial charge in [0.05, 0.1) is 15.7 Å². The third-order valence-electron chi connectivity index (χ3n) is 3.65. The molecule has 4 nitrogen and oxygen atoms in total. The third kappa shape index (κ3) is 3.23. The van der Waals surface area contributed by atoms with Crippen LogP contribution >= 0.6 is 31.9 Å². The van der Waals surface area contributed by atoms with Crippen LogP contribution in [0.2, 0.25) is 0 Å². The average Bonchev–Trinajstić information content (AvgIpc) is 3.08. The summed E-state index contributed by atoms with van der Waals surface area (Å²) < 4.78 is 13.7. The molecule has 0 saturated carbocycles. The molecule has 0 bridgehead atoms. The topological polar surface area (TPSA) is 58.9 Å². The van der Waals surface area contributed by atoms with E-state index in [0.29, 0.717) is 18.6 Å². The predicted octanol–water partition coefficient (Wildman–Crippen LogP) is 6.31. The Morgan fingerprint density at radius 2 is 2.00 bits per heavy atom. The molecule has 1 aromatic carbocycles. The molecule has 0 saturated heterocycles. The highest BCUT2D eigenvalue weighted by molar-refractivity contribution is 9.11. The molecule has 0 radical (unpaired) electrons. The Labute approximate surface area is 150 Å². The van der Waals surface area contributed by atoms with Gasteiger partial charge in [-0.25, -0.2) is 0 Å². The van der Waals surface area contributed by atoms with Crippen molar-refractivity contribution < 1.29 is 14.0 Å². The van der Waals surface area contributed by atoms with E-state index in [-0.39, 0.29) is 0 Å². The summed E-state index contributed by atoms with van der Waals surface area (Å²) in [5.74, 6) is 2.44. The van der Waals surface area contributed by atoms with Crippen molar-refractivity contribution in [1.29, 1.82) is 0 Å². The van der Waals surface area contributed by atoms with Crippen LogP contribution in [0.4, 0.5) is 0 Å². The van der Waals surface area contributed by atoms with Crippen LogP contribution in [0.15, 0.2) is 47.2 Å². The summed E-state index contributed by atoms with van der Waals surface area (Å²) in [5.41, 5.74) is 2.39. The molecule has 0 aliphatic carbocycles. The number of nitrogens with zero attached hydrogens (tertiary/aromatic N) is 1. The number of benzene rings is 1. The fourth-order valence-electron chi connectivity index (χ4n) is 2.53. The predicted molar refractivity (Wildman–Crippen MR) is 97.3 cm³/mol. The van der Waals surface area contributed by atoms with Crippen molar-refractivity contribution in [3.05, 3.63) is 44.7 Å². The Kier molecular flexibility index (Phi) is 4.64. The Morgan fingerprint density at radius 3 is 2.65 bits per heavy atom. The van der Waals surface area contributed by atoms with Gasteiger partial charge in [0.15, 0.2) is 0 Å². The van der Waals surface area contributed by atoms with Crippen molar-refractivity contribution in [3.63, 3.8) is 0 Å². The number of hydrogen-bond acceptors (Lipinski definition) is 4. The molecular formula is C17H15Br2NO3. The molecule has 0 aliphatic heterocycles. The third-order valence-corrected chi connectivity index (χ3v) is 4.70. The highest BCUT2D eigenvalue weighted by atomic mass is 79.9. The van der Waals surface area contributed by atoms with Crippen LogP contribution in [0.3, 0.4) is 0 Å². The summed E-state index contributed by atoms with van der Waals surface area (Å²) in [6.07, 6.45) is 1.24. The molecule has 0 atom stereocenters. The van der Waals surface area contributed by atoms with Crippen LogP contribution in [0.25, 0.3) is 22.3 Å². The monoisotopic (exact) mass is 439 g/mol. The van der Waals surface area contributed by atoms with Crippen molar-refractivity contribution in [2.45, 2.75) is 26.7 Å². The zero-order valence-electron chi connectivity index (χ0n) is 12.7. The van der Waals surface area contributed by atoms with Crippen molar-refractivity contribution in [2.75, 3.05) is 0 Å². The fourth-order valence-corrected chi connectivity index (χ4v) is 3.84. The molecule has 23 heavy (non-hydrogen) atoms. The van der Waals surface area contributed by atoms with E-state index in [4.69, 9.17) is 14.0 Å². The molecule has 0 fully saturated rings. The number of halogens is 2. The zero-order valence-corrected chi connectivity index (χ0v) is 15.9. The largest absolute Gasteiger partial charge is 0.461 e. The molecule has 0 unspecified atom stereocenters. The van der Waals surface area contributed by atoms with E-state index in [2.05, 4.69) is 37.0 Å². The highest BCUT2D eigenvalue weighted by Gasteiger charge is 2.20. The fraction of sp³-hybridized carbons (Fsp3) is 0.235. The van der Waals surface area contributed by atoms with E-state index in [1.807, 2.05) is 31.2 Å². The van der Waals surface area contributed by atoms with Crippen LogP contribution in [0, 0.1) is 6.92 Å². The van der Waals surface area contributed by atoms with Gasteiger partial charge in [0.1, 0.15) is 22.9 Å². The summed E-state index contributed by atoms with van der Waals surface area (Å²) in [7, 11) is 0. The first kappa shape index (κ1) is 16.3. The molecule has 2 aromatic heterocycles. The Hall–Kier alpha value is -1.53. The minimum atomic E-state index is 0.613. The number of rotatable bonds is 4. The molecule has 3 rings (SSSR count). The van der Waals surface area contributed by atoms with Gasteiger partial charge < -0.3 is 14.0 Å². The van der Waals surface area contributed by atoms with Gasteiger partial charge in [-0.1, -0.05) is 21.1 Å². The van der Waals surface area contributed by atoms with Gasteiger partial charge in [-0.15, -0.1) is 0 Å². The second kappa shape index (κ2) is 6.53. The van der Waals surface area contributed by atoms with E-state index in [1.165, 1.54) is 0 Å². The quantitative estimate of drug-likeness (QED) is 0.293. The number of furan rings is 2. The molecule has 120 valence electrons. The van der Waals surface area contributed by atoms with E-state index < -0.39 is 0 Å². The first-order chi connectivity index (χ1) is 11.0. The lowest BCUT2D eigenvalue weighted by atomic mass is 10.0. The lowest BCUT2D eigenvalue weighted by Gasteiger charge is -2.01. The first-order valence-electron chi connectivity index (χ1n) is 7.14. The van der Waals surface area contributed by atoms with E-state index in [0.717, 1.165) is 42.8 Å². The Morgan fingerprint density at radius 1 is 1.22 bits per heavy atom. The lowest BCUT2D eigenvalue weighted by molar-refractivity contribution is 0.317. The van der Waals surface area contributed by atoms with Crippen molar-refractivity contribution >= 4 is 48.5 Å². The maximum Gasteiger partial charge on any atom is 0.149 e. The number of oxime groups is 1. The van der Waals surface area contributed by atoms with Gasteiger partial charge in [0, 0.05) is 16.3 Å². The smallest absolute Gasteiger partial charge is 0.149 e. The van der Waals surface area contributed by atoms with Gasteiger partial charge in [-0.3, -0.25) is 0 Å². The number of fused-ring (bicyclic) bond motifs is 1. The molecular weight excluding hydrogens is 426 g/mol. The van der Waals surface area contributed by atoms with Crippen LogP contribution in [-0.2, 0) is 6.42 Å². The van der Waals surface area contributed by atoms with Gasteiger partial charge >= 0.3 is 0 Å². The first-order valence-corrected chi connectivity index (χ1v) is 8.73. The molecule has 0 spiro atoms. The van der Waals surface area contributed by atoms with Crippen LogP contribution in [0.5, 0.6) is 0 Å². The molecule has 3 aromatic rings. The normalized spacial score (nSPS) is 12.3. The number of hydrogen-bond donors (Lipinski definition) is 1. The van der Waals surface area contributed by atoms with Crippen molar-refractivity contribution in [1.82, 2.24) is 0 Å². The second-order valence-electron chi connectivity index (χ2n) is 5.41. The van der Waals surface area contributed by atoms with E-state index in [1.54, 1.807) is 6.92 Å². The molecule has 2 heterocycles. The summed E-state index contributed by atoms with van der Waals surface area (Å²) in [6.45, 7) is 3.70. The summed E-state index contributed by atoms with van der Waals surface area (Å²) in [4.78, 5) is 0. The van der Waals surface area contributed by atoms with Gasteiger partial charge in [-0.2, -0.15) is 0 Å². The molecule has 1 N–H and O–H groups in total. The highest BCUT2D eigenvalue weighted by Crippen LogP contribution is 2.41. The SMILES string of the molecule is C/C(CCc1oc2c(Br)cc(Br)cc2c1-c1ccc(C)o1)=N/O. The lowest BCUT2D eigenvalue weighted by Crippen LogP contribution is -1.95. The van der Waals surface area contributed by atoms with Crippen LogP contribution < -0.4 is 0 Å². The average molecular weight is 441 g/mol. The van der Waals surface area contributed by atoms with Gasteiger partial charge in [-0.05, 0) is 60.5 Å². The van der Waals surface area contributed by atoms with Gasteiger partial charge in [0.25, 0.3) is 0 Å². The maximum atomic E-state index is 8.85. The van der Waals surface area contributed by atoms with E-state index in [9.17, 15) is 0 Å². The van der Waals surface area contributed by atoms with E-state index >= 15 is 0 Å². The Bertz CT molecular complexity index is 893. The van der Waals surface area contributed by atoms with Crippen LogP contribution in [-0.4, -0.2) is 10.9 Å². The molecule has 6 heteroatoms. The van der Waals surface area contributed by atoms with Gasteiger partial charge in [0.2, 0.25) is 0 Å². The zero-order chi connectivity index (χ0) is 16.6. The van der Waals surface area contributed by atoms with Crippen molar-refractivity contribution in [3.8, 4) is 11.3 Å². The number of aryl methyl sites for hydroxylation is 2. The molecule has 0 aliphatic rings. The van der Waals surface area contributed by atoms with Crippen LogP contribution in [0.1, 0.15) is 24.9 Å². The summed E-state index contributed by atoms with van der Waals surface area (Å²) in [6, 6.07) is 7.86. The standard InChI is InChI=1S/C17H15Br2NO3/c1-9(20-21)3-5-15-16(14-6-4-10(2)22-14)12-7-11(18)8-13(19)17(12)23-15/h4,6-8,21H,3,5H2,1-2H3/b20-9-. The maximum absolute atomic E-state index is 8.85. The van der Waals surface area contributed by atoms with Crippen molar-refractivity contribution in [2.24, 2.45) is 5.16 Å². The molecule has 0 amide bonds. The minimum absolute atomic E-state index is 0.613. The summed E-state index contributed by atoms with van der Waals surface area (Å²) in [5, 5.41) is 13.1.